The van der Waals surface area contributed by atoms with E-state index in [0.29, 0.717) is 5.56 Å². The van der Waals surface area contributed by atoms with Crippen molar-refractivity contribution in [2.45, 2.75) is 13.2 Å². The molecule has 0 aliphatic heterocycles. The van der Waals surface area contributed by atoms with E-state index in [-0.39, 0.29) is 18.9 Å². The predicted molar refractivity (Wildman–Crippen MR) is 86.7 cm³/mol. The average molecular weight is 333 g/mol. The minimum absolute atomic E-state index is 0.0855. The van der Waals surface area contributed by atoms with Crippen LogP contribution in [-0.4, -0.2) is 19.2 Å². The Balaban J connectivity index is 1.73. The molecule has 2 aromatic rings. The van der Waals surface area contributed by atoms with E-state index in [2.05, 4.69) is 10.1 Å². The molecule has 0 fully saturated rings. The molecular weight excluding hydrogens is 316 g/mol. The smallest absolute Gasteiger partial charge is 0.407 e. The lowest BCUT2D eigenvalue weighted by molar-refractivity contribution is -0.0498. The number of halogens is 2. The van der Waals surface area contributed by atoms with Crippen molar-refractivity contribution in [1.82, 2.24) is 5.32 Å². The van der Waals surface area contributed by atoms with Gasteiger partial charge in [0.1, 0.15) is 12.4 Å². The molecule has 4 nitrogen and oxygen atoms in total. The molecule has 0 aliphatic carbocycles. The van der Waals surface area contributed by atoms with E-state index in [9.17, 15) is 13.6 Å². The van der Waals surface area contributed by atoms with Gasteiger partial charge < -0.3 is 14.8 Å². The topological polar surface area (TPSA) is 47.6 Å². The Morgan fingerprint density at radius 2 is 1.92 bits per heavy atom. The molecule has 0 aliphatic rings. The molecule has 0 saturated heterocycles. The van der Waals surface area contributed by atoms with Crippen molar-refractivity contribution in [3.8, 4) is 5.75 Å². The number of carbonyl (C=O) groups excluding carboxylic acids is 1. The highest BCUT2D eigenvalue weighted by atomic mass is 19.3. The van der Waals surface area contributed by atoms with Gasteiger partial charge in [-0.2, -0.15) is 8.78 Å². The highest BCUT2D eigenvalue weighted by Gasteiger charge is 2.03. The van der Waals surface area contributed by atoms with Crippen molar-refractivity contribution < 1.29 is 23.0 Å². The molecule has 24 heavy (non-hydrogen) atoms. The molecular formula is C18H17F2NO3. The van der Waals surface area contributed by atoms with Crippen LogP contribution in [0.2, 0.25) is 0 Å². The second-order valence-electron chi connectivity index (χ2n) is 4.80. The molecule has 126 valence electrons. The number of alkyl carbamates (subject to hydrolysis) is 1. The molecule has 0 heterocycles. The molecule has 6 heteroatoms. The van der Waals surface area contributed by atoms with Crippen LogP contribution in [0.4, 0.5) is 13.6 Å². The summed E-state index contributed by atoms with van der Waals surface area (Å²) in [7, 11) is 0. The quantitative estimate of drug-likeness (QED) is 0.825. The first-order valence-corrected chi connectivity index (χ1v) is 7.29. The lowest BCUT2D eigenvalue weighted by Gasteiger charge is -2.05. The zero-order valence-electron chi connectivity index (χ0n) is 12.8. The molecule has 0 spiro atoms. The van der Waals surface area contributed by atoms with Crippen LogP contribution in [0.3, 0.4) is 0 Å². The van der Waals surface area contributed by atoms with Gasteiger partial charge in [0, 0.05) is 6.54 Å². The number of hydrogen-bond acceptors (Lipinski definition) is 3. The van der Waals surface area contributed by atoms with E-state index in [4.69, 9.17) is 4.74 Å². The van der Waals surface area contributed by atoms with Gasteiger partial charge in [0.15, 0.2) is 0 Å². The Morgan fingerprint density at radius 3 is 2.67 bits per heavy atom. The molecule has 0 unspecified atom stereocenters. The van der Waals surface area contributed by atoms with Crippen LogP contribution >= 0.6 is 0 Å². The van der Waals surface area contributed by atoms with Crippen LogP contribution in [0.25, 0.3) is 6.08 Å². The summed E-state index contributed by atoms with van der Waals surface area (Å²) in [6.45, 7) is -2.40. The Hall–Kier alpha value is -2.89. The number of alkyl halides is 2. The third kappa shape index (κ3) is 6.48. The van der Waals surface area contributed by atoms with Gasteiger partial charge in [-0.3, -0.25) is 0 Å². The third-order valence-electron chi connectivity index (χ3n) is 2.97. The SMILES string of the molecule is O=C(NCC=Cc1cccc(OC(F)F)c1)OCc1ccccc1. The standard InChI is InChI=1S/C18H17F2NO3/c19-17(20)24-16-10-4-8-14(12-16)9-5-11-21-18(22)23-13-15-6-2-1-3-7-15/h1-10,12,17H,11,13H2,(H,21,22). The monoisotopic (exact) mass is 333 g/mol. The van der Waals surface area contributed by atoms with Gasteiger partial charge >= 0.3 is 12.7 Å². The first-order valence-electron chi connectivity index (χ1n) is 7.29. The molecule has 0 bridgehead atoms. The number of rotatable bonds is 7. The summed E-state index contributed by atoms with van der Waals surface area (Å²) in [5.41, 5.74) is 1.59. The number of carbonyl (C=O) groups is 1. The highest BCUT2D eigenvalue weighted by molar-refractivity contribution is 5.67. The van der Waals surface area contributed by atoms with Gasteiger partial charge in [-0.05, 0) is 23.3 Å². The van der Waals surface area contributed by atoms with Gasteiger partial charge in [0.25, 0.3) is 0 Å². The second kappa shape index (κ2) is 9.29. The largest absolute Gasteiger partial charge is 0.445 e. The molecule has 2 rings (SSSR count). The molecule has 1 N–H and O–H groups in total. The van der Waals surface area contributed by atoms with E-state index < -0.39 is 12.7 Å². The fraction of sp³-hybridized carbons (Fsp3) is 0.167. The van der Waals surface area contributed by atoms with Crippen molar-refractivity contribution in [2.24, 2.45) is 0 Å². The normalized spacial score (nSPS) is 10.8. The van der Waals surface area contributed by atoms with Crippen molar-refractivity contribution in [3.63, 3.8) is 0 Å². The van der Waals surface area contributed by atoms with Crippen LogP contribution < -0.4 is 10.1 Å². The van der Waals surface area contributed by atoms with Gasteiger partial charge in [-0.1, -0.05) is 54.6 Å². The number of amides is 1. The molecule has 0 radical (unpaired) electrons. The van der Waals surface area contributed by atoms with Crippen molar-refractivity contribution in [2.75, 3.05) is 6.54 Å². The lowest BCUT2D eigenvalue weighted by Crippen LogP contribution is -2.24. The summed E-state index contributed by atoms with van der Waals surface area (Å²) in [4.78, 5) is 11.5. The predicted octanol–water partition coefficient (Wildman–Crippen LogP) is 4.23. The molecule has 0 saturated carbocycles. The van der Waals surface area contributed by atoms with Crippen molar-refractivity contribution in [1.29, 1.82) is 0 Å². The number of ether oxygens (including phenoxy) is 2. The van der Waals surface area contributed by atoms with E-state index in [0.717, 1.165) is 5.56 Å². The van der Waals surface area contributed by atoms with Gasteiger partial charge in [-0.15, -0.1) is 0 Å². The van der Waals surface area contributed by atoms with Crippen molar-refractivity contribution in [3.05, 3.63) is 71.8 Å². The van der Waals surface area contributed by atoms with Crippen LogP contribution in [-0.2, 0) is 11.3 Å². The summed E-state index contributed by atoms with van der Waals surface area (Å²) < 4.78 is 33.7. The minimum atomic E-state index is -2.86. The van der Waals surface area contributed by atoms with E-state index in [1.54, 1.807) is 24.3 Å². The van der Waals surface area contributed by atoms with Crippen LogP contribution in [0.5, 0.6) is 5.75 Å². The maximum Gasteiger partial charge on any atom is 0.407 e. The summed E-state index contributed by atoms with van der Waals surface area (Å²) in [6, 6.07) is 15.6. The fourth-order valence-corrected chi connectivity index (χ4v) is 1.91. The Labute approximate surface area is 138 Å². The minimum Gasteiger partial charge on any atom is -0.445 e. The molecule has 0 aromatic heterocycles. The first kappa shape index (κ1) is 17.5. The van der Waals surface area contributed by atoms with Crippen LogP contribution in [0, 0.1) is 0 Å². The fourth-order valence-electron chi connectivity index (χ4n) is 1.91. The van der Waals surface area contributed by atoms with E-state index >= 15 is 0 Å². The zero-order valence-corrected chi connectivity index (χ0v) is 12.8. The lowest BCUT2D eigenvalue weighted by atomic mass is 10.2. The third-order valence-corrected chi connectivity index (χ3v) is 2.97. The van der Waals surface area contributed by atoms with Gasteiger partial charge in [0.05, 0.1) is 0 Å². The Bertz CT molecular complexity index is 675. The Morgan fingerprint density at radius 1 is 1.12 bits per heavy atom. The molecule has 1 amide bonds. The zero-order chi connectivity index (χ0) is 17.2. The number of hydrogen-bond donors (Lipinski definition) is 1. The summed E-state index contributed by atoms with van der Waals surface area (Å²) in [5, 5.41) is 2.57. The number of nitrogens with one attached hydrogen (secondary N) is 1. The van der Waals surface area contributed by atoms with Gasteiger partial charge in [0.2, 0.25) is 0 Å². The average Bonchev–Trinajstić information content (AvgIpc) is 2.58. The Kier molecular flexibility index (Phi) is 6.76. The van der Waals surface area contributed by atoms with Crippen LogP contribution in [0.15, 0.2) is 60.7 Å². The number of benzene rings is 2. The maximum atomic E-state index is 12.1. The maximum absolute atomic E-state index is 12.1. The molecule has 2 aromatic carbocycles. The highest BCUT2D eigenvalue weighted by Crippen LogP contribution is 2.16. The van der Waals surface area contributed by atoms with E-state index in [1.807, 2.05) is 30.3 Å². The van der Waals surface area contributed by atoms with Crippen molar-refractivity contribution >= 4 is 12.2 Å². The summed E-state index contributed by atoms with van der Waals surface area (Å²) >= 11 is 0. The van der Waals surface area contributed by atoms with E-state index in [1.165, 1.54) is 12.1 Å². The van der Waals surface area contributed by atoms with Gasteiger partial charge in [-0.25, -0.2) is 4.79 Å². The first-order chi connectivity index (χ1) is 11.6. The second-order valence-corrected chi connectivity index (χ2v) is 4.80. The summed E-state index contributed by atoms with van der Waals surface area (Å²) in [6.07, 6.45) is 2.85. The molecule has 0 atom stereocenters. The summed E-state index contributed by atoms with van der Waals surface area (Å²) in [5.74, 6) is 0.0855. The van der Waals surface area contributed by atoms with Crippen LogP contribution in [0.1, 0.15) is 11.1 Å².